The maximum absolute atomic E-state index is 11.6. The van der Waals surface area contributed by atoms with Gasteiger partial charge in [0.25, 0.3) is 5.91 Å². The molecule has 1 saturated carbocycles. The molecule has 1 amide bonds. The third-order valence-corrected chi connectivity index (χ3v) is 2.20. The van der Waals surface area contributed by atoms with E-state index < -0.39 is 0 Å². The van der Waals surface area contributed by atoms with Gasteiger partial charge in [0.15, 0.2) is 5.89 Å². The molecule has 0 atom stereocenters. The molecule has 1 fully saturated rings. The maximum atomic E-state index is 11.6. The van der Waals surface area contributed by atoms with Crippen LogP contribution < -0.4 is 5.32 Å². The summed E-state index contributed by atoms with van der Waals surface area (Å²) in [7, 11) is 0. The quantitative estimate of drug-likeness (QED) is 0.608. The van der Waals surface area contributed by atoms with Crippen molar-refractivity contribution in [3.8, 4) is 6.07 Å². The summed E-state index contributed by atoms with van der Waals surface area (Å²) in [6.45, 7) is 1.70. The van der Waals surface area contributed by atoms with Crippen LogP contribution in [0.1, 0.15) is 24.5 Å². The zero-order chi connectivity index (χ0) is 11.5. The summed E-state index contributed by atoms with van der Waals surface area (Å²) in [5.41, 5.74) is 0.0445. The number of nitrogens with one attached hydrogen (secondary N) is 1. The molecule has 0 unspecified atom stereocenters. The Labute approximate surface area is 92.8 Å². The summed E-state index contributed by atoms with van der Waals surface area (Å²) in [6, 6.07) is 2.09. The molecule has 1 aliphatic rings. The van der Waals surface area contributed by atoms with E-state index >= 15 is 0 Å². The molecule has 0 radical (unpaired) electrons. The molecule has 1 aromatic heterocycles. The Morgan fingerprint density at radius 3 is 3.00 bits per heavy atom. The van der Waals surface area contributed by atoms with Gasteiger partial charge in [0.1, 0.15) is 17.4 Å². The Bertz CT molecular complexity index is 478. The number of hydrogen-bond acceptors (Lipinski definition) is 4. The zero-order valence-electron chi connectivity index (χ0n) is 8.86. The highest BCUT2D eigenvalue weighted by atomic mass is 16.3. The van der Waals surface area contributed by atoms with Gasteiger partial charge in [0, 0.05) is 19.0 Å². The first-order chi connectivity index (χ1) is 7.69. The van der Waals surface area contributed by atoms with Crippen molar-refractivity contribution in [1.29, 1.82) is 5.26 Å². The van der Waals surface area contributed by atoms with Crippen molar-refractivity contribution in [2.45, 2.75) is 25.8 Å². The third kappa shape index (κ3) is 2.48. The number of nitriles is 1. The molecule has 5 nitrogen and oxygen atoms in total. The van der Waals surface area contributed by atoms with Crippen molar-refractivity contribution in [3.63, 3.8) is 0 Å². The number of nitrogens with zero attached hydrogens (tertiary/aromatic N) is 2. The van der Waals surface area contributed by atoms with E-state index in [2.05, 4.69) is 10.3 Å². The second-order valence-corrected chi connectivity index (χ2v) is 3.70. The summed E-state index contributed by atoms with van der Waals surface area (Å²) < 4.78 is 5.17. The van der Waals surface area contributed by atoms with Crippen LogP contribution >= 0.6 is 0 Å². The second-order valence-electron chi connectivity index (χ2n) is 3.70. The molecule has 1 heterocycles. The predicted molar refractivity (Wildman–Crippen MR) is 56.0 cm³/mol. The predicted octanol–water partition coefficient (Wildman–Crippen LogP) is 1.17. The molecule has 5 heteroatoms. The Kier molecular flexibility index (Phi) is 2.73. The lowest BCUT2D eigenvalue weighted by Gasteiger charge is -1.99. The monoisotopic (exact) mass is 217 g/mol. The molecule has 1 aromatic rings. The van der Waals surface area contributed by atoms with Crippen molar-refractivity contribution in [1.82, 2.24) is 10.3 Å². The van der Waals surface area contributed by atoms with E-state index in [1.807, 2.05) is 6.07 Å². The molecule has 2 rings (SSSR count). The van der Waals surface area contributed by atoms with E-state index in [1.54, 1.807) is 6.92 Å². The molecular formula is C11H11N3O2. The Balaban J connectivity index is 2.11. The number of carbonyl (C=O) groups is 1. The lowest BCUT2D eigenvalue weighted by molar-refractivity contribution is -0.117. The molecule has 0 bridgehead atoms. The van der Waals surface area contributed by atoms with E-state index in [1.165, 1.54) is 12.3 Å². The molecule has 0 aliphatic heterocycles. The molecule has 82 valence electrons. The minimum absolute atomic E-state index is 0.0445. The Morgan fingerprint density at radius 2 is 2.50 bits per heavy atom. The molecule has 0 aromatic carbocycles. The molecule has 1 N–H and O–H groups in total. The van der Waals surface area contributed by atoms with Gasteiger partial charge in [0.05, 0.1) is 6.20 Å². The summed E-state index contributed by atoms with van der Waals surface area (Å²) in [5, 5.41) is 11.6. The highest BCUT2D eigenvalue weighted by Crippen LogP contribution is 2.19. The minimum atomic E-state index is -0.348. The second kappa shape index (κ2) is 4.19. The van der Waals surface area contributed by atoms with Crippen LogP contribution in [0.3, 0.4) is 0 Å². The van der Waals surface area contributed by atoms with E-state index in [-0.39, 0.29) is 17.5 Å². The highest BCUT2D eigenvalue weighted by Gasteiger charge is 2.24. The van der Waals surface area contributed by atoms with Crippen LogP contribution in [-0.2, 0) is 4.79 Å². The summed E-state index contributed by atoms with van der Waals surface area (Å²) in [4.78, 5) is 15.5. The van der Waals surface area contributed by atoms with Crippen LogP contribution in [0.5, 0.6) is 0 Å². The first-order valence-corrected chi connectivity index (χ1v) is 5.04. The summed E-state index contributed by atoms with van der Waals surface area (Å²) in [6.07, 6.45) is 4.87. The lowest BCUT2D eigenvalue weighted by atomic mass is 10.2. The van der Waals surface area contributed by atoms with Gasteiger partial charge < -0.3 is 9.73 Å². The minimum Gasteiger partial charge on any atom is -0.442 e. The topological polar surface area (TPSA) is 78.9 Å². The normalized spacial score (nSPS) is 15.6. The Morgan fingerprint density at radius 1 is 1.75 bits per heavy atom. The average molecular weight is 217 g/mol. The van der Waals surface area contributed by atoms with E-state index in [0.29, 0.717) is 11.7 Å². The fourth-order valence-electron chi connectivity index (χ4n) is 1.23. The fraction of sp³-hybridized carbons (Fsp3) is 0.364. The number of oxazole rings is 1. The molecular weight excluding hydrogens is 206 g/mol. The van der Waals surface area contributed by atoms with Gasteiger partial charge in [-0.05, 0) is 12.8 Å². The maximum Gasteiger partial charge on any atom is 0.262 e. The smallest absolute Gasteiger partial charge is 0.262 e. The number of aryl methyl sites for hydroxylation is 1. The van der Waals surface area contributed by atoms with Crippen LogP contribution in [0.2, 0.25) is 0 Å². The highest BCUT2D eigenvalue weighted by molar-refractivity contribution is 6.01. The van der Waals surface area contributed by atoms with Gasteiger partial charge in [-0.25, -0.2) is 4.98 Å². The first-order valence-electron chi connectivity index (χ1n) is 5.04. The molecule has 16 heavy (non-hydrogen) atoms. The summed E-state index contributed by atoms with van der Waals surface area (Å²) in [5.74, 6) is 0.574. The standard InChI is InChI=1S/C11H11N3O2/c1-7-13-6-10(16-7)4-8(5-12)11(15)14-9-2-3-9/h4,6,9H,2-3H2,1H3,(H,14,15)/b8-4+. The third-order valence-electron chi connectivity index (χ3n) is 2.20. The van der Waals surface area contributed by atoms with Crippen molar-refractivity contribution < 1.29 is 9.21 Å². The summed E-state index contributed by atoms with van der Waals surface area (Å²) >= 11 is 0. The molecule has 1 aliphatic carbocycles. The first kappa shape index (κ1) is 10.4. The van der Waals surface area contributed by atoms with E-state index in [4.69, 9.17) is 9.68 Å². The number of aromatic nitrogens is 1. The van der Waals surface area contributed by atoms with E-state index in [9.17, 15) is 4.79 Å². The fourth-order valence-corrected chi connectivity index (χ4v) is 1.23. The van der Waals surface area contributed by atoms with Gasteiger partial charge in [-0.2, -0.15) is 5.26 Å². The van der Waals surface area contributed by atoms with Gasteiger partial charge in [-0.15, -0.1) is 0 Å². The number of carbonyl (C=O) groups excluding carboxylic acids is 1. The van der Waals surface area contributed by atoms with Crippen LogP contribution in [0.4, 0.5) is 0 Å². The number of rotatable bonds is 3. The number of amides is 1. The number of hydrogen-bond donors (Lipinski definition) is 1. The van der Waals surface area contributed by atoms with Gasteiger partial charge in [0.2, 0.25) is 0 Å². The largest absolute Gasteiger partial charge is 0.442 e. The zero-order valence-corrected chi connectivity index (χ0v) is 8.86. The molecule has 0 saturated heterocycles. The van der Waals surface area contributed by atoms with Crippen molar-refractivity contribution in [2.75, 3.05) is 0 Å². The van der Waals surface area contributed by atoms with Crippen LogP contribution in [0.15, 0.2) is 16.2 Å². The lowest BCUT2D eigenvalue weighted by Crippen LogP contribution is -2.26. The Hall–Kier alpha value is -2.09. The molecule has 0 spiro atoms. The average Bonchev–Trinajstić information content (AvgIpc) is 2.97. The van der Waals surface area contributed by atoms with Crippen molar-refractivity contribution in [3.05, 3.63) is 23.4 Å². The van der Waals surface area contributed by atoms with Crippen LogP contribution in [-0.4, -0.2) is 16.9 Å². The van der Waals surface area contributed by atoms with Crippen LogP contribution in [0.25, 0.3) is 6.08 Å². The van der Waals surface area contributed by atoms with Gasteiger partial charge >= 0.3 is 0 Å². The van der Waals surface area contributed by atoms with Gasteiger partial charge in [-0.1, -0.05) is 0 Å². The van der Waals surface area contributed by atoms with Gasteiger partial charge in [-0.3, -0.25) is 4.79 Å². The van der Waals surface area contributed by atoms with E-state index in [0.717, 1.165) is 12.8 Å². The van der Waals surface area contributed by atoms with Crippen molar-refractivity contribution in [2.24, 2.45) is 0 Å². The SMILES string of the molecule is Cc1ncc(/C=C(\C#N)C(=O)NC2CC2)o1. The van der Waals surface area contributed by atoms with Crippen LogP contribution in [0, 0.1) is 18.3 Å². The van der Waals surface area contributed by atoms with Crippen molar-refractivity contribution >= 4 is 12.0 Å².